The van der Waals surface area contributed by atoms with Gasteiger partial charge in [-0.2, -0.15) is 0 Å². The zero-order valence-electron chi connectivity index (χ0n) is 24.0. The first kappa shape index (κ1) is 28.5. The summed E-state index contributed by atoms with van der Waals surface area (Å²) < 4.78 is 13.3. The van der Waals surface area contributed by atoms with Gasteiger partial charge in [0.2, 0.25) is 0 Å². The quantitative estimate of drug-likeness (QED) is 0.240. The van der Waals surface area contributed by atoms with E-state index in [0.29, 0.717) is 37.6 Å². The van der Waals surface area contributed by atoms with Crippen LogP contribution in [0.5, 0.6) is 11.5 Å². The molecule has 216 valence electrons. The molecule has 1 aliphatic heterocycles. The summed E-state index contributed by atoms with van der Waals surface area (Å²) in [5, 5.41) is 0. The van der Waals surface area contributed by atoms with Gasteiger partial charge in [-0.15, -0.1) is 0 Å². The summed E-state index contributed by atoms with van der Waals surface area (Å²) in [6.07, 6.45) is 5.29. The van der Waals surface area contributed by atoms with Crippen LogP contribution in [-0.4, -0.2) is 29.6 Å². The van der Waals surface area contributed by atoms with Gasteiger partial charge in [0.05, 0.1) is 6.61 Å². The zero-order chi connectivity index (χ0) is 29.1. The standard InChI is InChI=1S/C36H36BrNO4/c1-2-41-33-22-26(16-19-32(33)42-23-25-14-17-27(37)18-15-25)34-35-28(10-6-12-30(35)39)38(21-20-24-8-4-3-5-9-24)29-11-7-13-31(40)36(29)34/h3-5,8-9,14-19,22,34H,2,6-7,10-13,20-21,23H2,1H3. The van der Waals surface area contributed by atoms with Gasteiger partial charge in [-0.1, -0.05) is 64.5 Å². The number of benzene rings is 3. The van der Waals surface area contributed by atoms with Crippen LogP contribution in [0, 0.1) is 0 Å². The van der Waals surface area contributed by atoms with Crippen LogP contribution >= 0.6 is 15.9 Å². The second-order valence-corrected chi connectivity index (χ2v) is 12.1. The molecule has 6 rings (SSSR count). The van der Waals surface area contributed by atoms with Gasteiger partial charge in [0, 0.05) is 52.3 Å². The monoisotopic (exact) mass is 625 g/mol. The molecule has 0 saturated heterocycles. The van der Waals surface area contributed by atoms with Crippen molar-refractivity contribution in [2.45, 2.75) is 64.4 Å². The number of allylic oxidation sites excluding steroid dienone is 4. The number of carbonyl (C=O) groups is 2. The van der Waals surface area contributed by atoms with Gasteiger partial charge in [0.25, 0.3) is 0 Å². The minimum Gasteiger partial charge on any atom is -0.490 e. The van der Waals surface area contributed by atoms with Gasteiger partial charge < -0.3 is 14.4 Å². The van der Waals surface area contributed by atoms with E-state index in [1.807, 2.05) is 55.5 Å². The van der Waals surface area contributed by atoms with Crippen molar-refractivity contribution < 1.29 is 19.1 Å². The third kappa shape index (κ3) is 5.82. The number of nitrogens with zero attached hydrogens (tertiary/aromatic N) is 1. The van der Waals surface area contributed by atoms with Gasteiger partial charge in [0.15, 0.2) is 23.1 Å². The Morgan fingerprint density at radius 1 is 0.762 bits per heavy atom. The molecule has 3 aromatic rings. The normalized spacial score (nSPS) is 17.3. The largest absolute Gasteiger partial charge is 0.490 e. The molecule has 0 atom stereocenters. The van der Waals surface area contributed by atoms with E-state index in [1.165, 1.54) is 5.56 Å². The highest BCUT2D eigenvalue weighted by Gasteiger charge is 2.43. The summed E-state index contributed by atoms with van der Waals surface area (Å²) in [6.45, 7) is 3.61. The lowest BCUT2D eigenvalue weighted by Crippen LogP contribution is -2.39. The van der Waals surface area contributed by atoms with Crippen LogP contribution < -0.4 is 9.47 Å². The molecule has 3 aromatic carbocycles. The molecule has 0 fully saturated rings. The number of ketones is 2. The van der Waals surface area contributed by atoms with Crippen LogP contribution in [0.15, 0.2) is 99.8 Å². The molecule has 0 unspecified atom stereocenters. The average molecular weight is 627 g/mol. The SMILES string of the molecule is CCOc1cc(C2C3=C(CCCC3=O)N(CCc3ccccc3)C3=C2C(=O)CCC3)ccc1OCc1ccc(Br)cc1. The number of carbonyl (C=O) groups excluding carboxylic acids is 2. The third-order valence-corrected chi connectivity index (χ3v) is 8.99. The fraction of sp³-hybridized carbons (Fsp3) is 0.333. The highest BCUT2D eigenvalue weighted by atomic mass is 79.9. The van der Waals surface area contributed by atoms with Gasteiger partial charge >= 0.3 is 0 Å². The molecule has 2 aliphatic carbocycles. The Hall–Kier alpha value is -3.64. The molecule has 0 spiro atoms. The van der Waals surface area contributed by atoms with Crippen molar-refractivity contribution >= 4 is 27.5 Å². The number of halogens is 1. The number of ether oxygens (including phenoxy) is 2. The molecule has 0 bridgehead atoms. The second kappa shape index (κ2) is 12.7. The van der Waals surface area contributed by atoms with Gasteiger partial charge in [-0.3, -0.25) is 9.59 Å². The summed E-state index contributed by atoms with van der Waals surface area (Å²) in [5.41, 5.74) is 7.04. The number of Topliss-reactive ketones (excluding diaryl/α,β-unsaturated/α-hetero) is 2. The maximum absolute atomic E-state index is 13.7. The Morgan fingerprint density at radius 3 is 2.07 bits per heavy atom. The van der Waals surface area contributed by atoms with E-state index >= 15 is 0 Å². The Balaban J connectivity index is 1.38. The number of hydrogen-bond acceptors (Lipinski definition) is 5. The molecule has 0 amide bonds. The fourth-order valence-electron chi connectivity index (χ4n) is 6.54. The Kier molecular flexibility index (Phi) is 8.61. The van der Waals surface area contributed by atoms with Crippen LogP contribution in [-0.2, 0) is 22.6 Å². The summed E-state index contributed by atoms with van der Waals surface area (Å²) in [4.78, 5) is 29.7. The van der Waals surface area contributed by atoms with Gasteiger partial charge in [-0.05, 0) is 80.0 Å². The first-order chi connectivity index (χ1) is 20.5. The van der Waals surface area contributed by atoms with Crippen LogP contribution in [0.3, 0.4) is 0 Å². The summed E-state index contributed by atoms with van der Waals surface area (Å²) in [5.74, 6) is 1.23. The molecule has 0 saturated carbocycles. The van der Waals surface area contributed by atoms with Crippen molar-refractivity contribution in [3.8, 4) is 11.5 Å². The van der Waals surface area contributed by atoms with Crippen LogP contribution in [0.4, 0.5) is 0 Å². The minimum absolute atomic E-state index is 0.157. The van der Waals surface area contributed by atoms with E-state index in [9.17, 15) is 9.59 Å². The molecule has 1 heterocycles. The molecular formula is C36H36BrNO4. The maximum atomic E-state index is 13.7. The lowest BCUT2D eigenvalue weighted by Gasteiger charge is -2.44. The van der Waals surface area contributed by atoms with E-state index in [-0.39, 0.29) is 17.5 Å². The summed E-state index contributed by atoms with van der Waals surface area (Å²) in [7, 11) is 0. The topological polar surface area (TPSA) is 55.8 Å². The molecule has 0 aromatic heterocycles. The minimum atomic E-state index is -0.372. The van der Waals surface area contributed by atoms with E-state index in [1.54, 1.807) is 0 Å². The Labute approximate surface area is 256 Å². The number of hydrogen-bond donors (Lipinski definition) is 0. The van der Waals surface area contributed by atoms with Crippen LogP contribution in [0.25, 0.3) is 0 Å². The van der Waals surface area contributed by atoms with Crippen LogP contribution in [0.1, 0.15) is 68.1 Å². The average Bonchev–Trinajstić information content (AvgIpc) is 3.01. The molecule has 0 radical (unpaired) electrons. The van der Waals surface area contributed by atoms with Crippen molar-refractivity contribution in [1.82, 2.24) is 4.90 Å². The van der Waals surface area contributed by atoms with Crippen molar-refractivity contribution in [3.63, 3.8) is 0 Å². The highest BCUT2D eigenvalue weighted by Crippen LogP contribution is 2.50. The van der Waals surface area contributed by atoms with Crippen molar-refractivity contribution in [2.75, 3.05) is 13.2 Å². The Bertz CT molecular complexity index is 1500. The molecular weight excluding hydrogens is 590 g/mol. The van der Waals surface area contributed by atoms with E-state index in [4.69, 9.17) is 9.47 Å². The lowest BCUT2D eigenvalue weighted by molar-refractivity contribution is -0.117. The summed E-state index contributed by atoms with van der Waals surface area (Å²) in [6, 6.07) is 24.4. The first-order valence-electron chi connectivity index (χ1n) is 15.0. The third-order valence-electron chi connectivity index (χ3n) is 8.46. The smallest absolute Gasteiger partial charge is 0.161 e. The molecule has 6 heteroatoms. The number of rotatable bonds is 9. The van der Waals surface area contributed by atoms with E-state index in [0.717, 1.165) is 76.8 Å². The molecule has 3 aliphatic rings. The van der Waals surface area contributed by atoms with Crippen molar-refractivity contribution in [1.29, 1.82) is 0 Å². The zero-order valence-corrected chi connectivity index (χ0v) is 25.6. The van der Waals surface area contributed by atoms with E-state index in [2.05, 4.69) is 45.1 Å². The van der Waals surface area contributed by atoms with Crippen LogP contribution in [0.2, 0.25) is 0 Å². The molecule has 0 N–H and O–H groups in total. The van der Waals surface area contributed by atoms with E-state index < -0.39 is 0 Å². The highest BCUT2D eigenvalue weighted by molar-refractivity contribution is 9.10. The lowest BCUT2D eigenvalue weighted by atomic mass is 9.71. The summed E-state index contributed by atoms with van der Waals surface area (Å²) >= 11 is 3.48. The second-order valence-electron chi connectivity index (χ2n) is 11.1. The van der Waals surface area contributed by atoms with Gasteiger partial charge in [-0.25, -0.2) is 0 Å². The van der Waals surface area contributed by atoms with Crippen molar-refractivity contribution in [3.05, 3.63) is 116 Å². The molecule has 42 heavy (non-hydrogen) atoms. The Morgan fingerprint density at radius 2 is 1.43 bits per heavy atom. The predicted octanol–water partition coefficient (Wildman–Crippen LogP) is 8.08. The van der Waals surface area contributed by atoms with Gasteiger partial charge in [0.1, 0.15) is 6.61 Å². The van der Waals surface area contributed by atoms with Crippen molar-refractivity contribution in [2.24, 2.45) is 0 Å². The predicted molar refractivity (Wildman–Crippen MR) is 167 cm³/mol. The first-order valence-corrected chi connectivity index (χ1v) is 15.8. The molecule has 5 nitrogen and oxygen atoms in total. The maximum Gasteiger partial charge on any atom is 0.161 e. The fourth-order valence-corrected chi connectivity index (χ4v) is 6.80.